The van der Waals surface area contributed by atoms with E-state index in [2.05, 4.69) is 70.1 Å². The molecule has 1 unspecified atom stereocenters. The smallest absolute Gasteiger partial charge is 0.194 e. The normalized spacial score (nSPS) is 19.4. The van der Waals surface area contributed by atoms with E-state index in [9.17, 15) is 0 Å². The van der Waals surface area contributed by atoms with Gasteiger partial charge in [0.25, 0.3) is 0 Å². The number of unbranched alkanes of at least 4 members (excludes halogenated alkanes) is 1. The Hall–Kier alpha value is -3.86. The van der Waals surface area contributed by atoms with E-state index in [0.717, 1.165) is 35.5 Å². The number of anilines is 1. The van der Waals surface area contributed by atoms with Gasteiger partial charge in [0.05, 0.1) is 5.70 Å². The lowest BCUT2D eigenvalue weighted by atomic mass is 9.91. The van der Waals surface area contributed by atoms with Gasteiger partial charge in [0, 0.05) is 36.4 Å². The van der Waals surface area contributed by atoms with Gasteiger partial charge in [-0.1, -0.05) is 68.0 Å². The Morgan fingerprint density at radius 2 is 1.81 bits per heavy atom. The van der Waals surface area contributed by atoms with E-state index in [1.54, 1.807) is 0 Å². The number of allylic oxidation sites excluding steroid dienone is 5. The van der Waals surface area contributed by atoms with Gasteiger partial charge >= 0.3 is 0 Å². The van der Waals surface area contributed by atoms with Crippen molar-refractivity contribution in [3.8, 4) is 0 Å². The lowest BCUT2D eigenvalue weighted by Gasteiger charge is -2.29. The summed E-state index contributed by atoms with van der Waals surface area (Å²) < 4.78 is 0. The number of hydrogen-bond acceptors (Lipinski definition) is 5. The third kappa shape index (κ3) is 5.06. The molecular weight excluding hydrogens is 394 g/mol. The third-order valence-corrected chi connectivity index (χ3v) is 5.29. The van der Waals surface area contributed by atoms with Gasteiger partial charge in [-0.3, -0.25) is 5.01 Å². The molecule has 2 heterocycles. The van der Waals surface area contributed by atoms with E-state index in [-0.39, 0.29) is 6.29 Å². The molecule has 2 N–H and O–H groups in total. The van der Waals surface area contributed by atoms with Gasteiger partial charge in [0.15, 0.2) is 6.29 Å². The molecule has 2 aromatic carbocycles. The molecule has 0 aromatic heterocycles. The summed E-state index contributed by atoms with van der Waals surface area (Å²) in [6.45, 7) is 2.20. The molecule has 4 rings (SSSR count). The summed E-state index contributed by atoms with van der Waals surface area (Å²) in [7, 11) is 1.98. The average molecular weight is 424 g/mol. The number of rotatable bonds is 7. The van der Waals surface area contributed by atoms with Crippen molar-refractivity contribution >= 4 is 23.7 Å². The predicted octanol–water partition coefficient (Wildman–Crippen LogP) is 5.57. The van der Waals surface area contributed by atoms with E-state index < -0.39 is 0 Å². The van der Waals surface area contributed by atoms with Crippen LogP contribution in [0.2, 0.25) is 0 Å². The minimum Gasteiger partial charge on any atom is -0.347 e. The van der Waals surface area contributed by atoms with Crippen molar-refractivity contribution in [1.29, 1.82) is 0 Å². The quantitative estimate of drug-likeness (QED) is 0.613. The second kappa shape index (κ2) is 10.4. The fourth-order valence-electron chi connectivity index (χ4n) is 3.74. The third-order valence-electron chi connectivity index (χ3n) is 5.29. The number of nitrogens with one attached hydrogen (secondary N) is 2. The highest BCUT2D eigenvalue weighted by Crippen LogP contribution is 2.34. The fraction of sp³-hybridized carbons (Fsp3) is 0.185. The highest BCUT2D eigenvalue weighted by molar-refractivity contribution is 5.89. The first-order chi connectivity index (χ1) is 15.8. The Balaban J connectivity index is 1.76. The van der Waals surface area contributed by atoms with Gasteiger partial charge in [-0.15, -0.1) is 0 Å². The second-order valence-corrected chi connectivity index (χ2v) is 7.62. The molecule has 0 saturated carbocycles. The van der Waals surface area contributed by atoms with Crippen LogP contribution in [0.5, 0.6) is 0 Å². The Morgan fingerprint density at radius 3 is 2.53 bits per heavy atom. The van der Waals surface area contributed by atoms with E-state index in [4.69, 9.17) is 0 Å². The van der Waals surface area contributed by atoms with Crippen molar-refractivity contribution in [3.05, 3.63) is 107 Å². The summed E-state index contributed by atoms with van der Waals surface area (Å²) in [4.78, 5) is 4.59. The number of aliphatic imine (C=N–C) groups is 1. The maximum absolute atomic E-state index is 4.59. The Morgan fingerprint density at radius 1 is 1.06 bits per heavy atom. The van der Waals surface area contributed by atoms with Crippen LogP contribution in [0.15, 0.2) is 112 Å². The van der Waals surface area contributed by atoms with E-state index >= 15 is 0 Å². The zero-order valence-corrected chi connectivity index (χ0v) is 18.6. The van der Waals surface area contributed by atoms with Crippen molar-refractivity contribution in [2.24, 2.45) is 10.1 Å². The number of benzene rings is 2. The molecule has 0 fully saturated rings. The largest absolute Gasteiger partial charge is 0.347 e. The molecule has 1 atom stereocenters. The van der Waals surface area contributed by atoms with Crippen molar-refractivity contribution in [3.63, 3.8) is 0 Å². The van der Waals surface area contributed by atoms with Crippen LogP contribution in [0.1, 0.15) is 25.3 Å². The molecule has 0 spiro atoms. The lowest BCUT2D eigenvalue weighted by Crippen LogP contribution is -2.37. The first-order valence-corrected chi connectivity index (χ1v) is 11.0. The minimum absolute atomic E-state index is 0.266. The van der Waals surface area contributed by atoms with Crippen LogP contribution in [0, 0.1) is 0 Å². The molecule has 5 heteroatoms. The number of hydrazone groups is 1. The van der Waals surface area contributed by atoms with Crippen LogP contribution in [0.25, 0.3) is 5.57 Å². The maximum atomic E-state index is 4.59. The van der Waals surface area contributed by atoms with Gasteiger partial charge in [-0.25, -0.2) is 4.99 Å². The zero-order chi connectivity index (χ0) is 22.2. The molecular formula is C27H29N5. The van der Waals surface area contributed by atoms with Crippen molar-refractivity contribution in [1.82, 2.24) is 10.3 Å². The Bertz CT molecular complexity index is 1090. The van der Waals surface area contributed by atoms with E-state index in [1.165, 1.54) is 11.1 Å². The van der Waals surface area contributed by atoms with E-state index in [0.29, 0.717) is 0 Å². The van der Waals surface area contributed by atoms with Crippen LogP contribution >= 0.6 is 0 Å². The standard InChI is InChI=1S/C27H29N5/c1-3-4-16-23(21-12-7-5-8-13-21)26(25-17-11-19-29-32(25)2)24-18-20-28-27(31-24)30-22-14-9-6-10-15-22/h5-20,27,30-31H,3-4H2,1-2H3/b23-16+,26-25+. The number of hydrogen-bond donors (Lipinski definition) is 2. The van der Waals surface area contributed by atoms with Gasteiger partial charge < -0.3 is 10.6 Å². The molecule has 2 aromatic rings. The highest BCUT2D eigenvalue weighted by atomic mass is 15.4. The summed E-state index contributed by atoms with van der Waals surface area (Å²) >= 11 is 0. The summed E-state index contributed by atoms with van der Waals surface area (Å²) in [6.07, 6.45) is 13.9. The first kappa shape index (κ1) is 21.4. The maximum Gasteiger partial charge on any atom is 0.194 e. The fourth-order valence-corrected chi connectivity index (χ4v) is 3.74. The number of para-hydroxylation sites is 1. The van der Waals surface area contributed by atoms with Gasteiger partial charge in [-0.2, -0.15) is 5.10 Å². The van der Waals surface area contributed by atoms with Crippen LogP contribution in [-0.4, -0.2) is 30.8 Å². The average Bonchev–Trinajstić information content (AvgIpc) is 2.84. The van der Waals surface area contributed by atoms with Gasteiger partial charge in [-0.05, 0) is 47.9 Å². The van der Waals surface area contributed by atoms with Gasteiger partial charge in [0.2, 0.25) is 0 Å². The molecule has 0 aliphatic carbocycles. The van der Waals surface area contributed by atoms with Crippen molar-refractivity contribution < 1.29 is 0 Å². The van der Waals surface area contributed by atoms with Crippen LogP contribution in [0.3, 0.4) is 0 Å². The van der Waals surface area contributed by atoms with E-state index in [1.807, 2.05) is 67.0 Å². The molecule has 5 nitrogen and oxygen atoms in total. The van der Waals surface area contributed by atoms with Crippen LogP contribution in [0.4, 0.5) is 5.69 Å². The summed E-state index contributed by atoms with van der Waals surface area (Å²) in [5, 5.41) is 13.5. The summed E-state index contributed by atoms with van der Waals surface area (Å²) in [5.74, 6) is 0. The molecule has 2 aliphatic rings. The summed E-state index contributed by atoms with van der Waals surface area (Å²) in [5.41, 5.74) is 6.52. The Labute approximate surface area is 190 Å². The minimum atomic E-state index is -0.266. The Kier molecular flexibility index (Phi) is 6.98. The van der Waals surface area contributed by atoms with Gasteiger partial charge in [0.1, 0.15) is 0 Å². The molecule has 0 radical (unpaired) electrons. The molecule has 32 heavy (non-hydrogen) atoms. The predicted molar refractivity (Wildman–Crippen MR) is 135 cm³/mol. The topological polar surface area (TPSA) is 52.0 Å². The molecule has 2 aliphatic heterocycles. The molecule has 162 valence electrons. The lowest BCUT2D eigenvalue weighted by molar-refractivity contribution is 0.456. The summed E-state index contributed by atoms with van der Waals surface area (Å²) in [6, 6.07) is 20.7. The zero-order valence-electron chi connectivity index (χ0n) is 18.6. The molecule has 0 saturated heterocycles. The second-order valence-electron chi connectivity index (χ2n) is 7.62. The first-order valence-electron chi connectivity index (χ1n) is 11.0. The van der Waals surface area contributed by atoms with Crippen molar-refractivity contribution in [2.45, 2.75) is 26.1 Å². The molecule has 0 amide bonds. The highest BCUT2D eigenvalue weighted by Gasteiger charge is 2.23. The SMILES string of the molecule is CCC/C=C(/C(C1=CC=NC(Nc2ccccc2)N1)=C1/C=CC=NN1C)c1ccccc1. The number of likely N-dealkylation sites (N-methyl/N-ethyl adjacent to an activating group) is 1. The van der Waals surface area contributed by atoms with Crippen molar-refractivity contribution in [2.75, 3.05) is 12.4 Å². The van der Waals surface area contributed by atoms with Crippen LogP contribution < -0.4 is 10.6 Å². The monoisotopic (exact) mass is 423 g/mol. The number of nitrogens with zero attached hydrogens (tertiary/aromatic N) is 3. The molecule has 0 bridgehead atoms. The van der Waals surface area contributed by atoms with Crippen LogP contribution in [-0.2, 0) is 0 Å².